The summed E-state index contributed by atoms with van der Waals surface area (Å²) >= 11 is 0. The number of hydrogen-bond acceptors (Lipinski definition) is 7. The lowest BCUT2D eigenvalue weighted by Gasteiger charge is -2.32. The first kappa shape index (κ1) is 23.3. The molecule has 186 valence electrons. The number of carbonyl (C=O) groups is 1. The number of likely N-dealkylation sites (tertiary alicyclic amines) is 1. The van der Waals surface area contributed by atoms with Crippen molar-refractivity contribution in [3.63, 3.8) is 0 Å². The summed E-state index contributed by atoms with van der Waals surface area (Å²) in [5, 5.41) is 16.3. The molecule has 0 atom stereocenters. The van der Waals surface area contributed by atoms with Crippen molar-refractivity contribution in [2.45, 2.75) is 63.6 Å². The average molecular weight is 483 g/mol. The Balaban J connectivity index is 1.48. The van der Waals surface area contributed by atoms with Crippen LogP contribution in [0.25, 0.3) is 11.2 Å². The number of imidazole rings is 1. The molecule has 1 aliphatic heterocycles. The fourth-order valence-electron chi connectivity index (χ4n) is 4.98. The van der Waals surface area contributed by atoms with Crippen molar-refractivity contribution in [2.24, 2.45) is 5.73 Å². The van der Waals surface area contributed by atoms with Gasteiger partial charge >= 0.3 is 6.03 Å². The number of aliphatic hydroxyl groups is 1. The minimum Gasteiger partial charge on any atom is -0.393 e. The molecule has 0 spiro atoms. The first-order chi connectivity index (χ1) is 16.9. The molecule has 1 aromatic carbocycles. The van der Waals surface area contributed by atoms with Gasteiger partial charge in [-0.15, -0.1) is 0 Å². The van der Waals surface area contributed by atoms with Gasteiger partial charge < -0.3 is 26.4 Å². The molecule has 2 amide bonds. The quantitative estimate of drug-likeness (QED) is 0.438. The molecular formula is C24H31FN8O2. The normalized spacial score (nSPS) is 21.3. The molecule has 1 saturated heterocycles. The maximum atomic E-state index is 14.6. The lowest BCUT2D eigenvalue weighted by molar-refractivity contribution is 0.126. The number of aromatic nitrogens is 4. The average Bonchev–Trinajstić information content (AvgIpc) is 3.19. The molecule has 3 aromatic rings. The first-order valence-corrected chi connectivity index (χ1v) is 12.1. The number of fused-ring (bicyclic) bond motifs is 1. The Kier molecular flexibility index (Phi) is 6.42. The monoisotopic (exact) mass is 482 g/mol. The molecule has 3 heterocycles. The number of urea groups is 1. The van der Waals surface area contributed by atoms with Gasteiger partial charge in [-0.05, 0) is 63.1 Å². The maximum absolute atomic E-state index is 14.6. The van der Waals surface area contributed by atoms with E-state index < -0.39 is 6.03 Å². The van der Waals surface area contributed by atoms with Gasteiger partial charge in [-0.25, -0.2) is 19.2 Å². The van der Waals surface area contributed by atoms with Crippen LogP contribution >= 0.6 is 0 Å². The van der Waals surface area contributed by atoms with Crippen molar-refractivity contribution in [1.82, 2.24) is 24.4 Å². The molecule has 1 saturated carbocycles. The molecule has 11 heteroatoms. The van der Waals surface area contributed by atoms with Gasteiger partial charge in [0.25, 0.3) is 0 Å². The second-order valence-corrected chi connectivity index (χ2v) is 9.52. The highest BCUT2D eigenvalue weighted by Crippen LogP contribution is 2.33. The van der Waals surface area contributed by atoms with Crippen LogP contribution in [0.2, 0.25) is 0 Å². The van der Waals surface area contributed by atoms with Crippen LogP contribution in [0.4, 0.5) is 26.8 Å². The van der Waals surface area contributed by atoms with Gasteiger partial charge in [0.2, 0.25) is 11.9 Å². The molecule has 5 N–H and O–H groups in total. The summed E-state index contributed by atoms with van der Waals surface area (Å²) in [6, 6.07) is 4.78. The van der Waals surface area contributed by atoms with Gasteiger partial charge in [0.05, 0.1) is 18.0 Å². The Bertz CT molecular complexity index is 1220. The molecule has 5 rings (SSSR count). The maximum Gasteiger partial charge on any atom is 0.314 e. The minimum atomic E-state index is -0.426. The summed E-state index contributed by atoms with van der Waals surface area (Å²) in [5.41, 5.74) is 7.87. The number of carbonyl (C=O) groups excluding carboxylic acids is 1. The summed E-state index contributed by atoms with van der Waals surface area (Å²) in [6.07, 6.45) is 6.01. The van der Waals surface area contributed by atoms with E-state index in [4.69, 9.17) is 15.7 Å². The second kappa shape index (κ2) is 9.65. The zero-order valence-electron chi connectivity index (χ0n) is 19.7. The fourth-order valence-corrected chi connectivity index (χ4v) is 4.98. The minimum absolute atomic E-state index is 0.000753. The van der Waals surface area contributed by atoms with Crippen molar-refractivity contribution >= 4 is 34.8 Å². The number of piperidine rings is 1. The predicted octanol–water partition coefficient (Wildman–Crippen LogP) is 3.45. The number of amides is 2. The van der Waals surface area contributed by atoms with E-state index in [1.54, 1.807) is 17.2 Å². The molecule has 2 aliphatic rings. The van der Waals surface area contributed by atoms with Crippen molar-refractivity contribution in [3.8, 4) is 0 Å². The number of hydrogen-bond donors (Lipinski definition) is 4. The third-order valence-corrected chi connectivity index (χ3v) is 6.98. The first-order valence-electron chi connectivity index (χ1n) is 12.1. The lowest BCUT2D eigenvalue weighted by Crippen LogP contribution is -2.42. The third kappa shape index (κ3) is 5.00. The number of primary amides is 1. The van der Waals surface area contributed by atoms with Crippen LogP contribution < -0.4 is 16.4 Å². The summed E-state index contributed by atoms with van der Waals surface area (Å²) < 4.78 is 16.6. The third-order valence-electron chi connectivity index (χ3n) is 6.98. The highest BCUT2D eigenvalue weighted by Gasteiger charge is 2.28. The number of nitrogens with one attached hydrogen (secondary N) is 2. The summed E-state index contributed by atoms with van der Waals surface area (Å²) in [5.74, 6) is 0.621. The molecular weight excluding hydrogens is 451 g/mol. The number of anilines is 3. The van der Waals surface area contributed by atoms with E-state index in [1.807, 2.05) is 17.6 Å². The number of aryl methyl sites for hydroxylation is 1. The highest BCUT2D eigenvalue weighted by molar-refractivity contribution is 5.77. The standard InChI is InChI=1S/C24H31FN8O2/c1-14-2-7-19(18(25)12-14)29-24-30-20-13-27-23(28-15-3-5-17(34)6-4-15)31-21(20)33(24)16-8-10-32(11-9-16)22(26)35/h2,7,12-13,15-17,34H,3-6,8-11H2,1H3,(H2,26,35)(H,29,30)(H,27,28,31)/t15-,17-. The Morgan fingerprint density at radius 1 is 1.14 bits per heavy atom. The van der Waals surface area contributed by atoms with Crippen molar-refractivity contribution in [1.29, 1.82) is 0 Å². The molecule has 0 radical (unpaired) electrons. The van der Waals surface area contributed by atoms with Crippen LogP contribution in [0.3, 0.4) is 0 Å². The van der Waals surface area contributed by atoms with E-state index >= 15 is 0 Å². The van der Waals surface area contributed by atoms with E-state index in [0.717, 1.165) is 31.2 Å². The van der Waals surface area contributed by atoms with Gasteiger partial charge in [0, 0.05) is 25.2 Å². The molecule has 0 unspecified atom stereocenters. The lowest BCUT2D eigenvalue weighted by atomic mass is 9.93. The predicted molar refractivity (Wildman–Crippen MR) is 131 cm³/mol. The summed E-state index contributed by atoms with van der Waals surface area (Å²) in [7, 11) is 0. The Morgan fingerprint density at radius 3 is 2.57 bits per heavy atom. The van der Waals surface area contributed by atoms with Gasteiger partial charge in [0.1, 0.15) is 11.3 Å². The largest absolute Gasteiger partial charge is 0.393 e. The Hall–Kier alpha value is -3.47. The van der Waals surface area contributed by atoms with Gasteiger partial charge in [-0.1, -0.05) is 6.07 Å². The fraction of sp³-hybridized carbons (Fsp3) is 0.500. The number of rotatable bonds is 5. The molecule has 10 nitrogen and oxygen atoms in total. The molecule has 1 aliphatic carbocycles. The van der Waals surface area contributed by atoms with Gasteiger partial charge in [-0.2, -0.15) is 4.98 Å². The van der Waals surface area contributed by atoms with E-state index in [2.05, 4.69) is 15.6 Å². The topological polar surface area (TPSA) is 134 Å². The van der Waals surface area contributed by atoms with Crippen LogP contribution in [0, 0.1) is 12.7 Å². The van der Waals surface area contributed by atoms with E-state index in [9.17, 15) is 14.3 Å². The molecule has 35 heavy (non-hydrogen) atoms. The zero-order valence-corrected chi connectivity index (χ0v) is 19.7. The van der Waals surface area contributed by atoms with Crippen LogP contribution in [0.15, 0.2) is 24.4 Å². The van der Waals surface area contributed by atoms with Crippen molar-refractivity contribution in [3.05, 3.63) is 35.8 Å². The van der Waals surface area contributed by atoms with Crippen LogP contribution in [-0.4, -0.2) is 60.8 Å². The number of aliphatic hydroxyl groups excluding tert-OH is 1. The van der Waals surface area contributed by atoms with Crippen LogP contribution in [-0.2, 0) is 0 Å². The van der Waals surface area contributed by atoms with Gasteiger partial charge in [0.15, 0.2) is 5.65 Å². The Labute approximate surface area is 202 Å². The number of nitrogens with zero attached hydrogens (tertiary/aromatic N) is 5. The smallest absolute Gasteiger partial charge is 0.314 e. The van der Waals surface area contributed by atoms with Crippen LogP contribution in [0.5, 0.6) is 0 Å². The molecule has 0 bridgehead atoms. The SMILES string of the molecule is Cc1ccc(Nc2nc3cnc(N[C@H]4CC[C@H](O)CC4)nc3n2C2CCN(C(N)=O)CC2)c(F)c1. The highest BCUT2D eigenvalue weighted by atomic mass is 19.1. The second-order valence-electron chi connectivity index (χ2n) is 9.52. The Morgan fingerprint density at radius 2 is 1.89 bits per heavy atom. The number of halogens is 1. The van der Waals surface area contributed by atoms with E-state index in [1.165, 1.54) is 6.07 Å². The summed E-state index contributed by atoms with van der Waals surface area (Å²) in [4.78, 5) is 27.2. The van der Waals surface area contributed by atoms with Crippen LogP contribution in [0.1, 0.15) is 50.1 Å². The zero-order chi connectivity index (χ0) is 24.5. The summed E-state index contributed by atoms with van der Waals surface area (Å²) in [6.45, 7) is 2.89. The van der Waals surface area contributed by atoms with Crippen molar-refractivity contribution < 1.29 is 14.3 Å². The molecule has 2 aromatic heterocycles. The van der Waals surface area contributed by atoms with E-state index in [-0.39, 0.29) is 24.0 Å². The van der Waals surface area contributed by atoms with E-state index in [0.29, 0.717) is 54.7 Å². The van der Waals surface area contributed by atoms with Crippen molar-refractivity contribution in [2.75, 3.05) is 23.7 Å². The number of nitrogens with two attached hydrogens (primary N) is 1. The molecule has 2 fully saturated rings. The van der Waals surface area contributed by atoms with Gasteiger partial charge in [-0.3, -0.25) is 4.57 Å². The number of benzene rings is 1.